The second-order valence-corrected chi connectivity index (χ2v) is 7.49. The molecular weight excluding hydrogens is 334 g/mol. The first-order chi connectivity index (χ1) is 12.2. The Morgan fingerprint density at radius 1 is 1.04 bits per heavy atom. The minimum Gasteiger partial charge on any atom is -0.348 e. The molecule has 0 saturated heterocycles. The largest absolute Gasteiger partial charge is 0.348 e. The van der Waals surface area contributed by atoms with E-state index in [9.17, 15) is 4.79 Å². The number of hydrogen-bond acceptors (Lipinski definition) is 1. The normalized spacial score (nSPS) is 21.0. The first-order valence-electron chi connectivity index (χ1n) is 9.20. The summed E-state index contributed by atoms with van der Waals surface area (Å²) in [5, 5.41) is 3.99. The molecule has 0 bridgehead atoms. The number of nitrogens with one attached hydrogen (secondary N) is 1. The molecule has 2 heterocycles. The van der Waals surface area contributed by atoms with Gasteiger partial charge in [0.15, 0.2) is 0 Å². The average Bonchev–Trinajstić information content (AvgIpc) is 3.11. The van der Waals surface area contributed by atoms with Gasteiger partial charge in [0, 0.05) is 36.0 Å². The molecule has 4 nitrogen and oxygen atoms in total. The van der Waals surface area contributed by atoms with Gasteiger partial charge >= 0.3 is 6.03 Å². The van der Waals surface area contributed by atoms with Crippen molar-refractivity contribution in [2.45, 2.75) is 50.7 Å². The number of nitrogens with zero attached hydrogens (tertiary/aromatic N) is 2. The van der Waals surface area contributed by atoms with Crippen molar-refractivity contribution in [3.63, 3.8) is 0 Å². The van der Waals surface area contributed by atoms with Crippen LogP contribution in [-0.4, -0.2) is 28.1 Å². The van der Waals surface area contributed by atoms with Crippen LogP contribution in [0.5, 0.6) is 0 Å². The third-order valence-electron chi connectivity index (χ3n) is 5.42. The summed E-state index contributed by atoms with van der Waals surface area (Å²) in [6.45, 7) is 1.55. The summed E-state index contributed by atoms with van der Waals surface area (Å²) in [5.74, 6) is 0. The van der Waals surface area contributed by atoms with Gasteiger partial charge in [-0.15, -0.1) is 0 Å². The molecule has 1 unspecified atom stereocenters. The monoisotopic (exact) mass is 357 g/mol. The minimum atomic E-state index is -0.0652. The predicted molar refractivity (Wildman–Crippen MR) is 99.8 cm³/mol. The molecule has 5 heteroatoms. The van der Waals surface area contributed by atoms with Crippen molar-refractivity contribution in [2.24, 2.45) is 0 Å². The van der Waals surface area contributed by atoms with Gasteiger partial charge in [0.25, 0.3) is 0 Å². The van der Waals surface area contributed by atoms with Gasteiger partial charge in [-0.3, -0.25) is 0 Å². The number of rotatable bonds is 2. The predicted octanol–water partition coefficient (Wildman–Crippen LogP) is 4.59. The van der Waals surface area contributed by atoms with Crippen LogP contribution in [0.3, 0.4) is 0 Å². The topological polar surface area (TPSA) is 37.3 Å². The van der Waals surface area contributed by atoms with E-state index in [2.05, 4.69) is 28.2 Å². The molecule has 1 N–H and O–H groups in total. The highest BCUT2D eigenvalue weighted by atomic mass is 35.5. The van der Waals surface area contributed by atoms with Crippen LogP contribution < -0.4 is 5.32 Å². The van der Waals surface area contributed by atoms with E-state index >= 15 is 0 Å². The molecule has 1 aromatic carbocycles. The van der Waals surface area contributed by atoms with Gasteiger partial charge in [0.1, 0.15) is 0 Å². The molecule has 1 fully saturated rings. The summed E-state index contributed by atoms with van der Waals surface area (Å²) in [6, 6.07) is 12.3. The van der Waals surface area contributed by atoms with Gasteiger partial charge in [-0.05, 0) is 42.7 Å². The van der Waals surface area contributed by atoms with Gasteiger partial charge in [0.2, 0.25) is 0 Å². The van der Waals surface area contributed by atoms with Crippen molar-refractivity contribution in [1.29, 1.82) is 0 Å². The zero-order chi connectivity index (χ0) is 17.2. The first kappa shape index (κ1) is 16.5. The zero-order valence-electron chi connectivity index (χ0n) is 14.3. The number of amides is 2. The highest BCUT2D eigenvalue weighted by Gasteiger charge is 2.33. The molecule has 2 aliphatic rings. The summed E-state index contributed by atoms with van der Waals surface area (Å²) < 4.78 is 2.24. The van der Waals surface area contributed by atoms with Crippen LogP contribution in [0.1, 0.15) is 49.4 Å². The van der Waals surface area contributed by atoms with Crippen molar-refractivity contribution in [2.75, 3.05) is 6.54 Å². The van der Waals surface area contributed by atoms with Gasteiger partial charge < -0.3 is 14.8 Å². The van der Waals surface area contributed by atoms with Crippen LogP contribution in [0.15, 0.2) is 42.6 Å². The molecular formula is C20H24ClN3O. The molecule has 0 spiro atoms. The van der Waals surface area contributed by atoms with E-state index in [0.29, 0.717) is 17.6 Å². The van der Waals surface area contributed by atoms with E-state index in [1.807, 2.05) is 29.2 Å². The highest BCUT2D eigenvalue weighted by molar-refractivity contribution is 6.30. The van der Waals surface area contributed by atoms with E-state index in [4.69, 9.17) is 11.6 Å². The van der Waals surface area contributed by atoms with E-state index in [0.717, 1.165) is 30.6 Å². The molecule has 1 aromatic heterocycles. The third-order valence-corrected chi connectivity index (χ3v) is 5.67. The Morgan fingerprint density at radius 3 is 2.56 bits per heavy atom. The summed E-state index contributed by atoms with van der Waals surface area (Å²) in [6.07, 6.45) is 8.01. The number of urea groups is 1. The molecule has 4 rings (SSSR count). The number of carbonyl (C=O) groups is 1. The Bertz CT molecular complexity index is 734. The van der Waals surface area contributed by atoms with Crippen LogP contribution in [0.25, 0.3) is 0 Å². The lowest BCUT2D eigenvalue weighted by molar-refractivity contribution is 0.162. The maximum Gasteiger partial charge on any atom is 0.318 e. The Hall–Kier alpha value is -1.94. The zero-order valence-corrected chi connectivity index (χ0v) is 15.1. The first-order valence-corrected chi connectivity index (χ1v) is 9.58. The number of aromatic nitrogens is 1. The number of hydrogen-bond donors (Lipinski definition) is 1. The van der Waals surface area contributed by atoms with Crippen LogP contribution >= 0.6 is 11.6 Å². The molecule has 25 heavy (non-hydrogen) atoms. The molecule has 1 saturated carbocycles. The standard InChI is InChI=1S/C20H24ClN3O/c21-16-10-8-15(9-11-16)19-18-7-4-12-23(18)13-14-24(19)20(25)22-17-5-2-1-3-6-17/h4,7-12,17,19H,1-3,5-6,13-14H2,(H,22,25). The Labute approximate surface area is 153 Å². The fourth-order valence-electron chi connectivity index (χ4n) is 4.10. The molecule has 132 valence electrons. The van der Waals surface area contributed by atoms with Crippen molar-refractivity contribution in [3.8, 4) is 0 Å². The molecule has 1 aliphatic heterocycles. The average molecular weight is 358 g/mol. The maximum absolute atomic E-state index is 13.0. The van der Waals surface area contributed by atoms with Crippen molar-refractivity contribution >= 4 is 17.6 Å². The van der Waals surface area contributed by atoms with Crippen molar-refractivity contribution in [3.05, 3.63) is 58.9 Å². The number of carbonyl (C=O) groups excluding carboxylic acids is 1. The fraction of sp³-hybridized carbons (Fsp3) is 0.450. The number of halogens is 1. The summed E-state index contributed by atoms with van der Waals surface area (Å²) >= 11 is 6.06. The number of fused-ring (bicyclic) bond motifs is 1. The maximum atomic E-state index is 13.0. The second kappa shape index (κ2) is 7.12. The van der Waals surface area contributed by atoms with Crippen LogP contribution in [0.4, 0.5) is 4.79 Å². The van der Waals surface area contributed by atoms with E-state index in [1.165, 1.54) is 19.3 Å². The second-order valence-electron chi connectivity index (χ2n) is 7.06. The summed E-state index contributed by atoms with van der Waals surface area (Å²) in [4.78, 5) is 15.0. The third kappa shape index (κ3) is 3.40. The Morgan fingerprint density at radius 2 is 1.80 bits per heavy atom. The van der Waals surface area contributed by atoms with Gasteiger partial charge in [-0.25, -0.2) is 4.79 Å². The van der Waals surface area contributed by atoms with Crippen molar-refractivity contribution in [1.82, 2.24) is 14.8 Å². The van der Waals surface area contributed by atoms with E-state index < -0.39 is 0 Å². The number of benzene rings is 1. The molecule has 2 amide bonds. The quantitative estimate of drug-likeness (QED) is 0.838. The van der Waals surface area contributed by atoms with E-state index in [-0.39, 0.29) is 12.1 Å². The molecule has 1 atom stereocenters. The van der Waals surface area contributed by atoms with E-state index in [1.54, 1.807) is 0 Å². The lowest BCUT2D eigenvalue weighted by atomic mass is 9.95. The van der Waals surface area contributed by atoms with Crippen molar-refractivity contribution < 1.29 is 4.79 Å². The van der Waals surface area contributed by atoms with Gasteiger partial charge in [-0.1, -0.05) is 43.0 Å². The van der Waals surface area contributed by atoms with Gasteiger partial charge in [-0.2, -0.15) is 0 Å². The minimum absolute atomic E-state index is 0.0549. The molecule has 1 aliphatic carbocycles. The lowest BCUT2D eigenvalue weighted by Crippen LogP contribution is -2.50. The summed E-state index contributed by atoms with van der Waals surface area (Å²) in [5.41, 5.74) is 2.26. The highest BCUT2D eigenvalue weighted by Crippen LogP contribution is 2.33. The van der Waals surface area contributed by atoms with Crippen LogP contribution in [0, 0.1) is 0 Å². The van der Waals surface area contributed by atoms with Crippen LogP contribution in [0.2, 0.25) is 5.02 Å². The van der Waals surface area contributed by atoms with Crippen LogP contribution in [-0.2, 0) is 6.54 Å². The molecule has 2 aromatic rings. The Kier molecular flexibility index (Phi) is 4.71. The fourth-order valence-corrected chi connectivity index (χ4v) is 4.23. The lowest BCUT2D eigenvalue weighted by Gasteiger charge is -2.38. The Balaban J connectivity index is 1.61. The van der Waals surface area contributed by atoms with Gasteiger partial charge in [0.05, 0.1) is 6.04 Å². The smallest absolute Gasteiger partial charge is 0.318 e. The SMILES string of the molecule is O=C(NC1CCCCC1)N1CCn2cccc2C1c1ccc(Cl)cc1. The summed E-state index contributed by atoms with van der Waals surface area (Å²) in [7, 11) is 0. The molecule has 0 radical (unpaired) electrons.